The molecule has 4 nitrogen and oxygen atoms in total. The summed E-state index contributed by atoms with van der Waals surface area (Å²) in [5.74, 6) is 1.57. The number of rotatable bonds is 4. The minimum Gasteiger partial charge on any atom is -0.486 e. The second kappa shape index (κ2) is 7.23. The Morgan fingerprint density at radius 1 is 1.08 bits per heavy atom. The van der Waals surface area contributed by atoms with E-state index in [1.165, 1.54) is 11.6 Å². The van der Waals surface area contributed by atoms with Gasteiger partial charge >= 0.3 is 0 Å². The summed E-state index contributed by atoms with van der Waals surface area (Å²) in [5, 5.41) is 0. The van der Waals surface area contributed by atoms with Gasteiger partial charge in [-0.3, -0.25) is 9.88 Å². The third-order valence-corrected chi connectivity index (χ3v) is 5.14. The van der Waals surface area contributed by atoms with Gasteiger partial charge in [0.05, 0.1) is 0 Å². The smallest absolute Gasteiger partial charge is 0.164 e. The molecule has 3 heterocycles. The Bertz CT molecular complexity index is 789. The van der Waals surface area contributed by atoms with Gasteiger partial charge in [-0.2, -0.15) is 0 Å². The maximum Gasteiger partial charge on any atom is 0.164 e. The molecule has 0 spiro atoms. The summed E-state index contributed by atoms with van der Waals surface area (Å²) < 4.78 is 25.4. The molecule has 0 N–H and O–H groups in total. The predicted molar refractivity (Wildman–Crippen MR) is 98.2 cm³/mol. The zero-order valence-electron chi connectivity index (χ0n) is 15.4. The zero-order valence-corrected chi connectivity index (χ0v) is 15.4. The SMILES string of the molecule is Cc1cc(CC2CCN(Cc3cc4c(cc3F)OCCO4)C2)cc(C)n1. The first kappa shape index (κ1) is 17.3. The number of hydrogen-bond acceptors (Lipinski definition) is 4. The molecular formula is C21H25FN2O2. The first-order chi connectivity index (χ1) is 12.6. The van der Waals surface area contributed by atoms with Gasteiger partial charge in [0.25, 0.3) is 0 Å². The highest BCUT2D eigenvalue weighted by Gasteiger charge is 2.25. The van der Waals surface area contributed by atoms with Crippen molar-refractivity contribution in [3.63, 3.8) is 0 Å². The van der Waals surface area contributed by atoms with E-state index < -0.39 is 0 Å². The van der Waals surface area contributed by atoms with E-state index in [4.69, 9.17) is 9.47 Å². The van der Waals surface area contributed by atoms with Crippen molar-refractivity contribution >= 4 is 0 Å². The molecule has 1 atom stereocenters. The number of ether oxygens (including phenoxy) is 2. The summed E-state index contributed by atoms with van der Waals surface area (Å²) in [5.41, 5.74) is 4.19. The Hall–Kier alpha value is -2.14. The summed E-state index contributed by atoms with van der Waals surface area (Å²) in [4.78, 5) is 6.78. The van der Waals surface area contributed by atoms with Crippen LogP contribution in [0.4, 0.5) is 4.39 Å². The summed E-state index contributed by atoms with van der Waals surface area (Å²) in [7, 11) is 0. The van der Waals surface area contributed by atoms with E-state index >= 15 is 0 Å². The first-order valence-corrected chi connectivity index (χ1v) is 9.31. The molecule has 0 saturated carbocycles. The molecule has 0 bridgehead atoms. The van der Waals surface area contributed by atoms with Crippen LogP contribution in [0.25, 0.3) is 0 Å². The van der Waals surface area contributed by atoms with Gasteiger partial charge < -0.3 is 9.47 Å². The van der Waals surface area contributed by atoms with E-state index in [0.29, 0.717) is 42.7 Å². The highest BCUT2D eigenvalue weighted by molar-refractivity contribution is 5.44. The zero-order chi connectivity index (χ0) is 18.1. The number of hydrogen-bond donors (Lipinski definition) is 0. The van der Waals surface area contributed by atoms with Crippen LogP contribution in [-0.4, -0.2) is 36.2 Å². The molecule has 26 heavy (non-hydrogen) atoms. The average Bonchev–Trinajstić information content (AvgIpc) is 3.01. The van der Waals surface area contributed by atoms with E-state index in [0.717, 1.165) is 37.3 Å². The lowest BCUT2D eigenvalue weighted by Gasteiger charge is -2.21. The Morgan fingerprint density at radius 3 is 2.50 bits per heavy atom. The molecule has 0 aliphatic carbocycles. The van der Waals surface area contributed by atoms with Crippen LogP contribution < -0.4 is 9.47 Å². The molecule has 1 fully saturated rings. The maximum absolute atomic E-state index is 14.4. The van der Waals surface area contributed by atoms with Gasteiger partial charge in [-0.25, -0.2) is 4.39 Å². The molecule has 4 rings (SSSR count). The van der Waals surface area contributed by atoms with Gasteiger partial charge in [-0.05, 0) is 62.9 Å². The second-order valence-electron chi connectivity index (χ2n) is 7.44. The molecule has 1 aromatic heterocycles. The van der Waals surface area contributed by atoms with Crippen LogP contribution in [0.15, 0.2) is 24.3 Å². The van der Waals surface area contributed by atoms with Gasteiger partial charge in [-0.15, -0.1) is 0 Å². The largest absolute Gasteiger partial charge is 0.486 e. The molecule has 1 unspecified atom stereocenters. The summed E-state index contributed by atoms with van der Waals surface area (Å²) in [6, 6.07) is 7.61. The fraction of sp³-hybridized carbons (Fsp3) is 0.476. The van der Waals surface area contributed by atoms with Crippen molar-refractivity contribution in [2.75, 3.05) is 26.3 Å². The Labute approximate surface area is 153 Å². The van der Waals surface area contributed by atoms with E-state index in [9.17, 15) is 4.39 Å². The number of likely N-dealkylation sites (tertiary alicyclic amines) is 1. The number of benzene rings is 1. The highest BCUT2D eigenvalue weighted by atomic mass is 19.1. The van der Waals surface area contributed by atoms with Gasteiger partial charge in [0.1, 0.15) is 19.0 Å². The fourth-order valence-corrected chi connectivity index (χ4v) is 4.06. The lowest BCUT2D eigenvalue weighted by atomic mass is 9.98. The summed E-state index contributed by atoms with van der Waals surface area (Å²) in [6.45, 7) is 7.70. The van der Waals surface area contributed by atoms with Crippen molar-refractivity contribution in [1.29, 1.82) is 0 Å². The van der Waals surface area contributed by atoms with Crippen molar-refractivity contribution in [3.05, 3.63) is 52.6 Å². The maximum atomic E-state index is 14.4. The van der Waals surface area contributed by atoms with Crippen molar-refractivity contribution < 1.29 is 13.9 Å². The van der Waals surface area contributed by atoms with Crippen LogP contribution in [0.1, 0.15) is 28.9 Å². The molecule has 1 aromatic carbocycles. The number of halogens is 1. The Balaban J connectivity index is 1.40. The van der Waals surface area contributed by atoms with Crippen molar-refractivity contribution in [2.24, 2.45) is 5.92 Å². The lowest BCUT2D eigenvalue weighted by molar-refractivity contribution is 0.170. The molecular weight excluding hydrogens is 331 g/mol. The van der Waals surface area contributed by atoms with Gasteiger partial charge in [-0.1, -0.05) is 0 Å². The fourth-order valence-electron chi connectivity index (χ4n) is 4.06. The first-order valence-electron chi connectivity index (χ1n) is 9.31. The highest BCUT2D eigenvalue weighted by Crippen LogP contribution is 2.33. The summed E-state index contributed by atoms with van der Waals surface area (Å²) >= 11 is 0. The van der Waals surface area contributed by atoms with E-state index in [1.54, 1.807) is 6.07 Å². The van der Waals surface area contributed by atoms with E-state index in [1.807, 2.05) is 13.8 Å². The van der Waals surface area contributed by atoms with Gasteiger partial charge in [0.2, 0.25) is 0 Å². The average molecular weight is 356 g/mol. The molecule has 5 heteroatoms. The van der Waals surface area contributed by atoms with Crippen LogP contribution in [0.3, 0.4) is 0 Å². The molecule has 2 aliphatic heterocycles. The Kier molecular flexibility index (Phi) is 4.81. The molecule has 2 aliphatic rings. The van der Waals surface area contributed by atoms with Crippen molar-refractivity contribution in [1.82, 2.24) is 9.88 Å². The molecule has 0 amide bonds. The van der Waals surface area contributed by atoms with Crippen LogP contribution in [0.5, 0.6) is 11.5 Å². The minimum absolute atomic E-state index is 0.210. The van der Waals surface area contributed by atoms with Crippen molar-refractivity contribution in [2.45, 2.75) is 33.2 Å². The lowest BCUT2D eigenvalue weighted by Crippen LogP contribution is -2.22. The van der Waals surface area contributed by atoms with E-state index in [-0.39, 0.29) is 5.82 Å². The molecule has 1 saturated heterocycles. The van der Waals surface area contributed by atoms with Crippen LogP contribution in [0.2, 0.25) is 0 Å². The van der Waals surface area contributed by atoms with Gasteiger partial charge in [0, 0.05) is 36.1 Å². The topological polar surface area (TPSA) is 34.6 Å². The molecule has 2 aromatic rings. The quantitative estimate of drug-likeness (QED) is 0.837. The summed E-state index contributed by atoms with van der Waals surface area (Å²) in [6.07, 6.45) is 2.21. The Morgan fingerprint density at radius 2 is 1.77 bits per heavy atom. The molecule has 0 radical (unpaired) electrons. The number of fused-ring (bicyclic) bond motifs is 1. The number of pyridine rings is 1. The van der Waals surface area contributed by atoms with E-state index in [2.05, 4.69) is 22.0 Å². The molecule has 138 valence electrons. The number of nitrogens with zero attached hydrogens (tertiary/aromatic N) is 2. The third-order valence-electron chi connectivity index (χ3n) is 5.14. The monoisotopic (exact) mass is 356 g/mol. The predicted octanol–water partition coefficient (Wildman–Crippen LogP) is 3.67. The number of aromatic nitrogens is 1. The van der Waals surface area contributed by atoms with Crippen LogP contribution in [-0.2, 0) is 13.0 Å². The van der Waals surface area contributed by atoms with Crippen LogP contribution in [0, 0.1) is 25.6 Å². The third kappa shape index (κ3) is 3.83. The van der Waals surface area contributed by atoms with Gasteiger partial charge in [0.15, 0.2) is 11.5 Å². The standard InChI is InChI=1S/C21H25FN2O2/c1-14-7-17(8-15(2)23-14)9-16-3-4-24(12-16)13-18-10-20-21(11-19(18)22)26-6-5-25-20/h7-8,10-11,16H,3-6,9,12-13H2,1-2H3. The number of aryl methyl sites for hydroxylation is 2. The van der Waals surface area contributed by atoms with Crippen LogP contribution >= 0.6 is 0 Å². The normalized spacial score (nSPS) is 19.7. The minimum atomic E-state index is -0.210. The van der Waals surface area contributed by atoms with Crippen molar-refractivity contribution in [3.8, 4) is 11.5 Å². The second-order valence-corrected chi connectivity index (χ2v) is 7.44.